The Labute approximate surface area is 381 Å². The molecule has 1 fully saturated rings. The molecule has 9 nitrogen and oxygen atoms in total. The van der Waals surface area contributed by atoms with E-state index in [-0.39, 0.29) is 12.5 Å². The van der Waals surface area contributed by atoms with Crippen LogP contribution in [0.5, 0.6) is 0 Å². The number of aliphatic hydroxyl groups excluding tert-OH is 5. The first-order valence-corrected chi connectivity index (χ1v) is 26.2. The number of carbonyl (C=O) groups excluding carboxylic acids is 1. The van der Waals surface area contributed by atoms with E-state index in [1.165, 1.54) is 167 Å². The van der Waals surface area contributed by atoms with E-state index in [0.29, 0.717) is 6.42 Å². The fourth-order valence-electron chi connectivity index (χ4n) is 8.23. The van der Waals surface area contributed by atoms with Crippen LogP contribution in [0.15, 0.2) is 36.5 Å². The molecule has 1 heterocycles. The number of rotatable bonds is 44. The van der Waals surface area contributed by atoms with Crippen molar-refractivity contribution in [2.24, 2.45) is 0 Å². The highest BCUT2D eigenvalue weighted by molar-refractivity contribution is 5.76. The van der Waals surface area contributed by atoms with E-state index in [0.717, 1.165) is 51.4 Å². The third-order valence-electron chi connectivity index (χ3n) is 12.4. The molecule has 1 rings (SSSR count). The highest BCUT2D eigenvalue weighted by atomic mass is 16.7. The number of amides is 1. The predicted octanol–water partition coefficient (Wildman–Crippen LogP) is 12.0. The molecule has 0 aromatic heterocycles. The molecule has 0 saturated carbocycles. The molecule has 0 radical (unpaired) electrons. The van der Waals surface area contributed by atoms with Gasteiger partial charge in [0, 0.05) is 6.42 Å². The van der Waals surface area contributed by atoms with Gasteiger partial charge in [-0.05, 0) is 57.8 Å². The Hall–Kier alpha value is -1.59. The van der Waals surface area contributed by atoms with Crippen LogP contribution in [0, 0.1) is 0 Å². The van der Waals surface area contributed by atoms with Crippen molar-refractivity contribution in [1.82, 2.24) is 5.32 Å². The second-order valence-electron chi connectivity index (χ2n) is 18.3. The highest BCUT2D eigenvalue weighted by Crippen LogP contribution is 2.23. The van der Waals surface area contributed by atoms with Crippen LogP contribution in [-0.2, 0) is 14.3 Å². The van der Waals surface area contributed by atoms with Crippen molar-refractivity contribution >= 4 is 5.91 Å². The fourth-order valence-corrected chi connectivity index (χ4v) is 8.23. The van der Waals surface area contributed by atoms with Gasteiger partial charge in [-0.25, -0.2) is 0 Å². The molecule has 0 spiro atoms. The monoisotopic (exact) mass is 878 g/mol. The summed E-state index contributed by atoms with van der Waals surface area (Å²) in [5, 5.41) is 54.3. The lowest BCUT2D eigenvalue weighted by Gasteiger charge is -2.40. The topological polar surface area (TPSA) is 149 Å². The average molecular weight is 878 g/mol. The van der Waals surface area contributed by atoms with Gasteiger partial charge < -0.3 is 40.3 Å². The van der Waals surface area contributed by atoms with E-state index >= 15 is 0 Å². The predicted molar refractivity (Wildman–Crippen MR) is 258 cm³/mol. The van der Waals surface area contributed by atoms with Crippen molar-refractivity contribution in [3.63, 3.8) is 0 Å². The van der Waals surface area contributed by atoms with Gasteiger partial charge in [-0.1, -0.05) is 211 Å². The standard InChI is InChI=1S/C53H99NO8/c1-3-5-7-9-11-13-15-17-19-21-23-24-25-26-28-30-32-34-36-38-40-42-47(56)46(45-61-53-52(60)51(59)50(58)48(44-55)62-53)54-49(57)43-41-39-37-35-33-31-29-27-22-20-18-16-14-12-10-8-6-4-2/h20,22,32,34,40,42,46-48,50-53,55-56,58-60H,3-19,21,23-31,33,35-39,41,43-45H2,1-2H3,(H,54,57)/b22-20-,34-32+,42-40+. The molecule has 0 aromatic rings. The SMILES string of the molecule is CCCCCCCCC/C=C\CCCCCCCCCC(=O)NC(COC1OC(CO)C(O)C(O)C1O)C(O)/C=C/CC/C=C/CCCCCCCCCCCCCCCCC. The molecular formula is C53H99NO8. The van der Waals surface area contributed by atoms with Crippen molar-refractivity contribution in [3.8, 4) is 0 Å². The Morgan fingerprint density at radius 3 is 1.35 bits per heavy atom. The van der Waals surface area contributed by atoms with E-state index in [1.54, 1.807) is 6.08 Å². The number of aliphatic hydroxyl groups is 5. The molecule has 0 bridgehead atoms. The first kappa shape index (κ1) is 58.4. The second-order valence-corrected chi connectivity index (χ2v) is 18.3. The van der Waals surface area contributed by atoms with Crippen LogP contribution < -0.4 is 5.32 Å². The molecule has 1 saturated heterocycles. The molecule has 0 aliphatic carbocycles. The Bertz CT molecular complexity index is 1070. The Morgan fingerprint density at radius 1 is 0.532 bits per heavy atom. The van der Waals surface area contributed by atoms with Crippen molar-refractivity contribution < 1.29 is 39.8 Å². The van der Waals surface area contributed by atoms with Crippen LogP contribution in [0.3, 0.4) is 0 Å². The van der Waals surface area contributed by atoms with E-state index in [9.17, 15) is 30.3 Å². The molecule has 1 aliphatic rings. The summed E-state index contributed by atoms with van der Waals surface area (Å²) in [6, 6.07) is -0.823. The number of ether oxygens (including phenoxy) is 2. The van der Waals surface area contributed by atoms with E-state index in [2.05, 4.69) is 43.5 Å². The maximum Gasteiger partial charge on any atom is 0.220 e. The lowest BCUT2D eigenvalue weighted by Crippen LogP contribution is -2.60. The van der Waals surface area contributed by atoms with Gasteiger partial charge in [0.15, 0.2) is 6.29 Å². The number of carbonyl (C=O) groups is 1. The molecular weight excluding hydrogens is 779 g/mol. The largest absolute Gasteiger partial charge is 0.394 e. The number of hydrogen-bond donors (Lipinski definition) is 6. The molecule has 1 aliphatic heterocycles. The summed E-state index contributed by atoms with van der Waals surface area (Å²) < 4.78 is 11.2. The zero-order valence-electron chi connectivity index (χ0n) is 40.1. The number of nitrogens with one attached hydrogen (secondary N) is 1. The third kappa shape index (κ3) is 33.0. The summed E-state index contributed by atoms with van der Waals surface area (Å²) >= 11 is 0. The molecule has 9 heteroatoms. The van der Waals surface area contributed by atoms with Crippen LogP contribution in [-0.4, -0.2) is 87.5 Å². The van der Waals surface area contributed by atoms with Gasteiger partial charge in [-0.15, -0.1) is 0 Å². The Morgan fingerprint density at radius 2 is 0.919 bits per heavy atom. The highest BCUT2D eigenvalue weighted by Gasteiger charge is 2.44. The fraction of sp³-hybridized carbons (Fsp3) is 0.868. The van der Waals surface area contributed by atoms with Gasteiger partial charge >= 0.3 is 0 Å². The number of unbranched alkanes of at least 4 members (excludes halogenated alkanes) is 30. The van der Waals surface area contributed by atoms with Crippen molar-refractivity contribution in [1.29, 1.82) is 0 Å². The van der Waals surface area contributed by atoms with Crippen molar-refractivity contribution in [3.05, 3.63) is 36.5 Å². The first-order chi connectivity index (χ1) is 30.3. The van der Waals surface area contributed by atoms with Crippen LogP contribution in [0.4, 0.5) is 0 Å². The summed E-state index contributed by atoms with van der Waals surface area (Å²) in [5.74, 6) is -0.190. The molecule has 0 aromatic carbocycles. The molecule has 7 unspecified atom stereocenters. The molecule has 6 N–H and O–H groups in total. The lowest BCUT2D eigenvalue weighted by atomic mass is 9.99. The number of allylic oxidation sites excluding steroid dienone is 5. The minimum absolute atomic E-state index is 0.190. The van der Waals surface area contributed by atoms with Gasteiger partial charge in [-0.3, -0.25) is 4.79 Å². The maximum atomic E-state index is 13.0. The zero-order valence-corrected chi connectivity index (χ0v) is 40.1. The van der Waals surface area contributed by atoms with Crippen molar-refractivity contribution in [2.45, 2.75) is 281 Å². The summed E-state index contributed by atoms with van der Waals surface area (Å²) in [6.07, 6.45) is 47.7. The van der Waals surface area contributed by atoms with Crippen LogP contribution in [0.1, 0.15) is 239 Å². The molecule has 364 valence electrons. The Balaban J connectivity index is 2.32. The normalized spacial score (nSPS) is 20.5. The van der Waals surface area contributed by atoms with E-state index in [4.69, 9.17) is 9.47 Å². The molecule has 7 atom stereocenters. The minimum atomic E-state index is -1.57. The van der Waals surface area contributed by atoms with Gasteiger partial charge in [-0.2, -0.15) is 0 Å². The quantitative estimate of drug-likeness (QED) is 0.0262. The van der Waals surface area contributed by atoms with Gasteiger partial charge in [0.25, 0.3) is 0 Å². The second kappa shape index (κ2) is 43.3. The average Bonchev–Trinajstić information content (AvgIpc) is 3.27. The zero-order chi connectivity index (χ0) is 45.1. The third-order valence-corrected chi connectivity index (χ3v) is 12.4. The lowest BCUT2D eigenvalue weighted by molar-refractivity contribution is -0.302. The van der Waals surface area contributed by atoms with Gasteiger partial charge in [0.1, 0.15) is 24.4 Å². The van der Waals surface area contributed by atoms with Crippen LogP contribution in [0.2, 0.25) is 0 Å². The van der Waals surface area contributed by atoms with Crippen LogP contribution >= 0.6 is 0 Å². The molecule has 62 heavy (non-hydrogen) atoms. The minimum Gasteiger partial charge on any atom is -0.394 e. The van der Waals surface area contributed by atoms with Gasteiger partial charge in [0.05, 0.1) is 25.4 Å². The van der Waals surface area contributed by atoms with Crippen molar-refractivity contribution in [2.75, 3.05) is 13.2 Å². The van der Waals surface area contributed by atoms with E-state index < -0.39 is 49.5 Å². The smallest absolute Gasteiger partial charge is 0.220 e. The Kier molecular flexibility index (Phi) is 40.8. The first-order valence-electron chi connectivity index (χ1n) is 26.2. The van der Waals surface area contributed by atoms with Crippen LogP contribution in [0.25, 0.3) is 0 Å². The summed E-state index contributed by atoms with van der Waals surface area (Å²) in [6.45, 7) is 3.77. The molecule has 1 amide bonds. The maximum absolute atomic E-state index is 13.0. The number of hydrogen-bond acceptors (Lipinski definition) is 8. The van der Waals surface area contributed by atoms with Gasteiger partial charge in [0.2, 0.25) is 5.91 Å². The van der Waals surface area contributed by atoms with E-state index in [1.807, 2.05) is 6.08 Å². The summed E-state index contributed by atoms with van der Waals surface area (Å²) in [5.41, 5.74) is 0. The summed E-state index contributed by atoms with van der Waals surface area (Å²) in [4.78, 5) is 13.0. The summed E-state index contributed by atoms with van der Waals surface area (Å²) in [7, 11) is 0.